The van der Waals surface area contributed by atoms with Crippen molar-refractivity contribution in [2.24, 2.45) is 0 Å². The number of hydrogen-bond donors (Lipinski definition) is 1. The van der Waals surface area contributed by atoms with Crippen molar-refractivity contribution in [3.05, 3.63) is 70.8 Å². The lowest BCUT2D eigenvalue weighted by Crippen LogP contribution is -2.52. The number of halogens is 3. The molecule has 0 saturated carbocycles. The molecule has 6 heteroatoms. The van der Waals surface area contributed by atoms with Crippen molar-refractivity contribution >= 4 is 5.91 Å². The van der Waals surface area contributed by atoms with Crippen molar-refractivity contribution < 1.29 is 18.0 Å². The van der Waals surface area contributed by atoms with Crippen molar-refractivity contribution in [2.45, 2.75) is 56.9 Å². The molecule has 2 aliphatic rings. The van der Waals surface area contributed by atoms with E-state index in [2.05, 4.69) is 10.2 Å². The Balaban J connectivity index is 1.64. The summed E-state index contributed by atoms with van der Waals surface area (Å²) in [5.74, 6) is -0.417. The standard InChI is InChI=1S/C23H25F3N2O/c24-23(25,26)20-12-5-11-18(19(20)15-16-7-2-1-3-8-16)22(29)27-21-13-4-9-17-10-6-14-28(17)21/h1-3,5,7-8,11-12,17,21H,4,6,9-10,13-15H2,(H,27,29). The first-order valence-corrected chi connectivity index (χ1v) is 10.2. The van der Waals surface area contributed by atoms with Crippen LogP contribution in [0.2, 0.25) is 0 Å². The molecule has 2 heterocycles. The lowest BCUT2D eigenvalue weighted by atomic mass is 9.93. The smallest absolute Gasteiger partial charge is 0.336 e. The zero-order chi connectivity index (χ0) is 20.4. The second-order valence-electron chi connectivity index (χ2n) is 7.95. The Labute approximate surface area is 168 Å². The van der Waals surface area contributed by atoms with Crippen molar-refractivity contribution in [1.82, 2.24) is 10.2 Å². The number of benzene rings is 2. The van der Waals surface area contributed by atoms with Gasteiger partial charge in [-0.2, -0.15) is 13.2 Å². The molecule has 0 spiro atoms. The van der Waals surface area contributed by atoms with Gasteiger partial charge in [-0.25, -0.2) is 0 Å². The number of carbonyl (C=O) groups is 1. The third-order valence-electron chi connectivity index (χ3n) is 6.09. The quantitative estimate of drug-likeness (QED) is 0.781. The van der Waals surface area contributed by atoms with Gasteiger partial charge in [0.1, 0.15) is 0 Å². The van der Waals surface area contributed by atoms with Crippen LogP contribution in [-0.2, 0) is 12.6 Å². The van der Waals surface area contributed by atoms with Crippen LogP contribution < -0.4 is 5.32 Å². The number of fused-ring (bicyclic) bond motifs is 1. The van der Waals surface area contributed by atoms with Gasteiger partial charge in [0.05, 0.1) is 11.7 Å². The zero-order valence-electron chi connectivity index (χ0n) is 16.2. The van der Waals surface area contributed by atoms with Crippen molar-refractivity contribution in [2.75, 3.05) is 6.54 Å². The fourth-order valence-electron chi connectivity index (χ4n) is 4.73. The Morgan fingerprint density at radius 3 is 2.52 bits per heavy atom. The van der Waals surface area contributed by atoms with E-state index in [9.17, 15) is 18.0 Å². The van der Waals surface area contributed by atoms with Gasteiger partial charge in [0.25, 0.3) is 5.91 Å². The van der Waals surface area contributed by atoms with E-state index in [1.54, 1.807) is 24.3 Å². The highest BCUT2D eigenvalue weighted by atomic mass is 19.4. The minimum Gasteiger partial charge on any atom is -0.336 e. The Morgan fingerprint density at radius 2 is 1.76 bits per heavy atom. The van der Waals surface area contributed by atoms with Crippen LogP contribution in [0.15, 0.2) is 48.5 Å². The molecule has 2 fully saturated rings. The summed E-state index contributed by atoms with van der Waals surface area (Å²) in [5.41, 5.74) is 0.162. The van der Waals surface area contributed by atoms with Crippen LogP contribution >= 0.6 is 0 Å². The van der Waals surface area contributed by atoms with E-state index >= 15 is 0 Å². The van der Waals surface area contributed by atoms with Gasteiger partial charge in [0.2, 0.25) is 0 Å². The maximum absolute atomic E-state index is 13.7. The number of carbonyl (C=O) groups excluding carboxylic acids is 1. The minimum absolute atomic E-state index is 0.0393. The summed E-state index contributed by atoms with van der Waals surface area (Å²) in [7, 11) is 0. The summed E-state index contributed by atoms with van der Waals surface area (Å²) in [6.45, 7) is 0.940. The lowest BCUT2D eigenvalue weighted by molar-refractivity contribution is -0.138. The number of rotatable bonds is 4. The largest absolute Gasteiger partial charge is 0.416 e. The molecule has 0 bridgehead atoms. The van der Waals surface area contributed by atoms with Gasteiger partial charge in [-0.15, -0.1) is 0 Å². The summed E-state index contributed by atoms with van der Waals surface area (Å²) in [4.78, 5) is 15.4. The molecule has 2 atom stereocenters. The molecule has 2 saturated heterocycles. The summed E-state index contributed by atoms with van der Waals surface area (Å²) >= 11 is 0. The number of alkyl halides is 3. The Bertz CT molecular complexity index is 866. The van der Waals surface area contributed by atoms with Crippen LogP contribution in [0.4, 0.5) is 13.2 Å². The van der Waals surface area contributed by atoms with Crippen LogP contribution in [0.1, 0.15) is 59.2 Å². The first-order chi connectivity index (χ1) is 13.9. The zero-order valence-corrected chi connectivity index (χ0v) is 16.2. The maximum Gasteiger partial charge on any atom is 0.416 e. The molecule has 0 aliphatic carbocycles. The van der Waals surface area contributed by atoms with Crippen molar-refractivity contribution in [3.63, 3.8) is 0 Å². The van der Waals surface area contributed by atoms with E-state index in [0.29, 0.717) is 6.04 Å². The number of piperidine rings is 1. The molecule has 2 unspecified atom stereocenters. The highest BCUT2D eigenvalue weighted by molar-refractivity contribution is 5.96. The fraction of sp³-hybridized carbons (Fsp3) is 0.435. The fourth-order valence-corrected chi connectivity index (χ4v) is 4.73. The highest BCUT2D eigenvalue weighted by Crippen LogP contribution is 2.35. The van der Waals surface area contributed by atoms with Gasteiger partial charge in [0, 0.05) is 18.2 Å². The molecule has 3 nitrogen and oxygen atoms in total. The molecule has 2 aromatic rings. The van der Waals surface area contributed by atoms with E-state index < -0.39 is 17.6 Å². The molecule has 29 heavy (non-hydrogen) atoms. The van der Waals surface area contributed by atoms with Gasteiger partial charge >= 0.3 is 6.18 Å². The number of amides is 1. The molecule has 1 amide bonds. The number of nitrogens with one attached hydrogen (secondary N) is 1. The molecule has 154 valence electrons. The lowest BCUT2D eigenvalue weighted by Gasteiger charge is -2.38. The molecular formula is C23H25F3N2O. The normalized spacial score (nSPS) is 22.3. The predicted molar refractivity (Wildman–Crippen MR) is 106 cm³/mol. The Morgan fingerprint density at radius 1 is 1.00 bits per heavy atom. The maximum atomic E-state index is 13.7. The summed E-state index contributed by atoms with van der Waals surface area (Å²) in [5, 5.41) is 3.03. The van der Waals surface area contributed by atoms with Gasteiger partial charge in [-0.3, -0.25) is 9.69 Å². The number of hydrogen-bond acceptors (Lipinski definition) is 2. The molecule has 0 radical (unpaired) electrons. The second-order valence-corrected chi connectivity index (χ2v) is 7.95. The molecule has 0 aromatic heterocycles. The first-order valence-electron chi connectivity index (χ1n) is 10.2. The predicted octanol–water partition coefficient (Wildman–Crippen LogP) is 5.00. The average molecular weight is 402 g/mol. The summed E-state index contributed by atoms with van der Waals surface area (Å²) < 4.78 is 41.1. The Kier molecular flexibility index (Phi) is 5.63. The Hall–Kier alpha value is -2.34. The topological polar surface area (TPSA) is 32.3 Å². The molecule has 2 aromatic carbocycles. The van der Waals surface area contributed by atoms with Crippen LogP contribution in [0.5, 0.6) is 0 Å². The van der Waals surface area contributed by atoms with Gasteiger partial charge in [0.15, 0.2) is 0 Å². The summed E-state index contributed by atoms with van der Waals surface area (Å²) in [6.07, 6.45) is 0.718. The van der Waals surface area contributed by atoms with E-state index in [0.717, 1.165) is 50.3 Å². The average Bonchev–Trinajstić information content (AvgIpc) is 3.18. The third kappa shape index (κ3) is 4.32. The number of nitrogens with zero attached hydrogens (tertiary/aromatic N) is 1. The summed E-state index contributed by atoms with van der Waals surface area (Å²) in [6, 6.07) is 13.4. The molecule has 1 N–H and O–H groups in total. The van der Waals surface area contributed by atoms with Crippen LogP contribution in [0, 0.1) is 0 Å². The molecule has 2 aliphatic heterocycles. The third-order valence-corrected chi connectivity index (χ3v) is 6.09. The minimum atomic E-state index is -4.51. The van der Waals surface area contributed by atoms with Crippen molar-refractivity contribution in [1.29, 1.82) is 0 Å². The van der Waals surface area contributed by atoms with Crippen LogP contribution in [0.3, 0.4) is 0 Å². The van der Waals surface area contributed by atoms with Gasteiger partial charge in [-0.1, -0.05) is 36.4 Å². The molecular weight excluding hydrogens is 377 g/mol. The van der Waals surface area contributed by atoms with Gasteiger partial charge in [-0.05, 0) is 61.8 Å². The highest BCUT2D eigenvalue weighted by Gasteiger charge is 2.37. The van der Waals surface area contributed by atoms with Crippen LogP contribution in [-0.4, -0.2) is 29.6 Å². The second kappa shape index (κ2) is 8.19. The van der Waals surface area contributed by atoms with Crippen LogP contribution in [0.25, 0.3) is 0 Å². The van der Waals surface area contributed by atoms with E-state index in [-0.39, 0.29) is 23.7 Å². The molecule has 4 rings (SSSR count). The van der Waals surface area contributed by atoms with E-state index in [1.807, 2.05) is 6.07 Å². The SMILES string of the molecule is O=C(NC1CCCC2CCCN21)c1cccc(C(F)(F)F)c1Cc1ccccc1. The first kappa shape index (κ1) is 20.0. The van der Waals surface area contributed by atoms with E-state index in [4.69, 9.17) is 0 Å². The van der Waals surface area contributed by atoms with E-state index in [1.165, 1.54) is 12.1 Å². The van der Waals surface area contributed by atoms with Crippen molar-refractivity contribution in [3.8, 4) is 0 Å². The monoisotopic (exact) mass is 402 g/mol. The van der Waals surface area contributed by atoms with Gasteiger partial charge < -0.3 is 5.32 Å².